The van der Waals surface area contributed by atoms with E-state index < -0.39 is 17.7 Å². The molecule has 1 aromatic rings. The Morgan fingerprint density at radius 3 is 2.71 bits per heavy atom. The highest BCUT2D eigenvalue weighted by Crippen LogP contribution is 2.44. The van der Waals surface area contributed by atoms with Gasteiger partial charge in [-0.2, -0.15) is 11.8 Å². The third-order valence-electron chi connectivity index (χ3n) is 4.38. The second-order valence-electron chi connectivity index (χ2n) is 5.81. The molecule has 21 heavy (non-hydrogen) atoms. The lowest BCUT2D eigenvalue weighted by Gasteiger charge is -2.39. The standard InChI is InChI=1S/C15H17BrF2O2S/c16-10-5-11(17)13(12(18)6-10)14(19)9-1-3-20-15(7-9)2-4-21-8-15/h5-6,9,14,19H,1-4,7-8H2. The summed E-state index contributed by atoms with van der Waals surface area (Å²) in [6, 6.07) is 2.39. The van der Waals surface area contributed by atoms with Crippen molar-refractivity contribution in [3.05, 3.63) is 33.8 Å². The number of ether oxygens (including phenoxy) is 1. The molecule has 6 heteroatoms. The number of hydrogen-bond donors (Lipinski definition) is 1. The maximum atomic E-state index is 14.0. The number of hydrogen-bond acceptors (Lipinski definition) is 3. The molecule has 1 aromatic carbocycles. The zero-order valence-electron chi connectivity index (χ0n) is 11.4. The molecule has 116 valence electrons. The van der Waals surface area contributed by atoms with Crippen molar-refractivity contribution < 1.29 is 18.6 Å². The Hall–Kier alpha value is -0.170. The molecular formula is C15H17BrF2O2S. The van der Waals surface area contributed by atoms with Crippen LogP contribution in [0, 0.1) is 17.6 Å². The first kappa shape index (κ1) is 15.7. The van der Waals surface area contributed by atoms with Crippen molar-refractivity contribution in [2.45, 2.75) is 31.0 Å². The predicted octanol–water partition coefficient (Wildman–Crippen LogP) is 4.06. The minimum atomic E-state index is -1.12. The second kappa shape index (κ2) is 6.14. The van der Waals surface area contributed by atoms with Gasteiger partial charge in [0.1, 0.15) is 11.6 Å². The van der Waals surface area contributed by atoms with Gasteiger partial charge in [-0.1, -0.05) is 15.9 Å². The molecule has 2 aliphatic rings. The van der Waals surface area contributed by atoms with Gasteiger partial charge in [0.2, 0.25) is 0 Å². The van der Waals surface area contributed by atoms with Crippen LogP contribution < -0.4 is 0 Å². The van der Waals surface area contributed by atoms with Gasteiger partial charge in [0.25, 0.3) is 0 Å². The van der Waals surface area contributed by atoms with Crippen LogP contribution in [0.2, 0.25) is 0 Å². The van der Waals surface area contributed by atoms with E-state index in [1.807, 2.05) is 11.8 Å². The van der Waals surface area contributed by atoms with Gasteiger partial charge in [0.05, 0.1) is 17.3 Å². The van der Waals surface area contributed by atoms with E-state index in [2.05, 4.69) is 15.9 Å². The van der Waals surface area contributed by atoms with E-state index in [0.29, 0.717) is 23.9 Å². The number of aliphatic hydroxyl groups excluding tert-OH is 1. The Bertz CT molecular complexity index is 511. The average Bonchev–Trinajstić information content (AvgIpc) is 2.85. The Kier molecular flexibility index (Phi) is 4.60. The van der Waals surface area contributed by atoms with Crippen molar-refractivity contribution in [3.63, 3.8) is 0 Å². The van der Waals surface area contributed by atoms with Gasteiger partial charge >= 0.3 is 0 Å². The molecule has 2 saturated heterocycles. The number of benzene rings is 1. The molecule has 2 nitrogen and oxygen atoms in total. The van der Waals surface area contributed by atoms with Crippen LogP contribution in [0.3, 0.4) is 0 Å². The summed E-state index contributed by atoms with van der Waals surface area (Å²) in [6.07, 6.45) is 1.12. The molecule has 0 amide bonds. The lowest BCUT2D eigenvalue weighted by atomic mass is 9.80. The predicted molar refractivity (Wildman–Crippen MR) is 82.4 cm³/mol. The summed E-state index contributed by atoms with van der Waals surface area (Å²) in [5, 5.41) is 10.5. The maximum absolute atomic E-state index is 14.0. The number of aliphatic hydroxyl groups is 1. The third-order valence-corrected chi connectivity index (χ3v) is 6.07. The lowest BCUT2D eigenvalue weighted by Crippen LogP contribution is -2.41. The van der Waals surface area contributed by atoms with Crippen LogP contribution in [-0.2, 0) is 4.74 Å². The Balaban J connectivity index is 1.83. The molecule has 2 fully saturated rings. The summed E-state index contributed by atoms with van der Waals surface area (Å²) in [6.45, 7) is 0.544. The number of rotatable bonds is 2. The largest absolute Gasteiger partial charge is 0.388 e. The molecule has 0 bridgehead atoms. The quantitative estimate of drug-likeness (QED) is 0.841. The fraction of sp³-hybridized carbons (Fsp3) is 0.600. The van der Waals surface area contributed by atoms with Crippen LogP contribution in [0.5, 0.6) is 0 Å². The van der Waals surface area contributed by atoms with Crippen LogP contribution >= 0.6 is 27.7 Å². The van der Waals surface area contributed by atoms with Gasteiger partial charge in [-0.25, -0.2) is 8.78 Å². The van der Waals surface area contributed by atoms with Crippen molar-refractivity contribution in [2.24, 2.45) is 5.92 Å². The van der Waals surface area contributed by atoms with Gasteiger partial charge in [-0.3, -0.25) is 0 Å². The smallest absolute Gasteiger partial charge is 0.133 e. The van der Waals surface area contributed by atoms with Crippen LogP contribution in [0.4, 0.5) is 8.78 Å². The van der Waals surface area contributed by atoms with E-state index in [4.69, 9.17) is 4.74 Å². The first-order valence-corrected chi connectivity index (χ1v) is 9.00. The van der Waals surface area contributed by atoms with Gasteiger partial charge in [-0.05, 0) is 43.1 Å². The van der Waals surface area contributed by atoms with Crippen LogP contribution in [-0.4, -0.2) is 28.8 Å². The molecule has 2 aliphatic heterocycles. The highest BCUT2D eigenvalue weighted by Gasteiger charge is 2.43. The molecule has 2 heterocycles. The van der Waals surface area contributed by atoms with E-state index in [-0.39, 0.29) is 17.1 Å². The SMILES string of the molecule is OC(c1c(F)cc(Br)cc1F)C1CCOC2(CCSC2)C1. The van der Waals surface area contributed by atoms with Crippen molar-refractivity contribution in [3.8, 4) is 0 Å². The summed E-state index contributed by atoms with van der Waals surface area (Å²) >= 11 is 4.89. The molecule has 0 radical (unpaired) electrons. The first-order chi connectivity index (χ1) is 10.0. The van der Waals surface area contributed by atoms with E-state index >= 15 is 0 Å². The molecule has 3 unspecified atom stereocenters. The van der Waals surface area contributed by atoms with Gasteiger partial charge in [-0.15, -0.1) is 0 Å². The maximum Gasteiger partial charge on any atom is 0.133 e. The lowest BCUT2D eigenvalue weighted by molar-refractivity contribution is -0.102. The Morgan fingerprint density at radius 2 is 2.10 bits per heavy atom. The minimum absolute atomic E-state index is 0.164. The molecule has 0 aliphatic carbocycles. The molecule has 1 spiro atoms. The molecule has 3 rings (SSSR count). The van der Waals surface area contributed by atoms with Crippen LogP contribution in [0.15, 0.2) is 16.6 Å². The zero-order valence-corrected chi connectivity index (χ0v) is 13.9. The van der Waals surface area contributed by atoms with Gasteiger partial charge in [0, 0.05) is 16.8 Å². The van der Waals surface area contributed by atoms with Gasteiger partial charge < -0.3 is 9.84 Å². The fourth-order valence-electron chi connectivity index (χ4n) is 3.27. The van der Waals surface area contributed by atoms with Crippen molar-refractivity contribution in [1.82, 2.24) is 0 Å². The van der Waals surface area contributed by atoms with E-state index in [9.17, 15) is 13.9 Å². The molecular weight excluding hydrogens is 362 g/mol. The highest BCUT2D eigenvalue weighted by atomic mass is 79.9. The molecule has 1 N–H and O–H groups in total. The summed E-state index contributed by atoms with van der Waals surface area (Å²) in [5.41, 5.74) is -0.428. The Morgan fingerprint density at radius 1 is 1.38 bits per heavy atom. The first-order valence-electron chi connectivity index (χ1n) is 7.05. The fourth-order valence-corrected chi connectivity index (χ4v) is 5.05. The number of thioether (sulfide) groups is 1. The molecule has 0 aromatic heterocycles. The zero-order chi connectivity index (χ0) is 15.0. The van der Waals surface area contributed by atoms with Crippen LogP contribution in [0.25, 0.3) is 0 Å². The summed E-state index contributed by atoms with van der Waals surface area (Å²) < 4.78 is 34.3. The van der Waals surface area contributed by atoms with Gasteiger partial charge in [0.15, 0.2) is 0 Å². The average molecular weight is 379 g/mol. The third kappa shape index (κ3) is 3.14. The summed E-state index contributed by atoms with van der Waals surface area (Å²) in [7, 11) is 0. The minimum Gasteiger partial charge on any atom is -0.388 e. The summed E-state index contributed by atoms with van der Waals surface area (Å²) in [4.78, 5) is 0. The highest BCUT2D eigenvalue weighted by molar-refractivity contribution is 9.10. The summed E-state index contributed by atoms with van der Waals surface area (Å²) in [5.74, 6) is 0.389. The molecule has 0 saturated carbocycles. The van der Waals surface area contributed by atoms with E-state index in [1.165, 1.54) is 12.1 Å². The van der Waals surface area contributed by atoms with E-state index in [0.717, 1.165) is 17.9 Å². The number of halogens is 3. The van der Waals surface area contributed by atoms with Crippen molar-refractivity contribution in [2.75, 3.05) is 18.1 Å². The van der Waals surface area contributed by atoms with E-state index in [1.54, 1.807) is 0 Å². The van der Waals surface area contributed by atoms with Crippen LogP contribution in [0.1, 0.15) is 30.9 Å². The monoisotopic (exact) mass is 378 g/mol. The normalized spacial score (nSPS) is 30.8. The van der Waals surface area contributed by atoms with Crippen molar-refractivity contribution >= 4 is 27.7 Å². The second-order valence-corrected chi connectivity index (χ2v) is 7.84. The molecule has 3 atom stereocenters. The van der Waals surface area contributed by atoms with Crippen molar-refractivity contribution in [1.29, 1.82) is 0 Å². The topological polar surface area (TPSA) is 29.5 Å². The Labute approximate surface area is 135 Å².